The summed E-state index contributed by atoms with van der Waals surface area (Å²) >= 11 is 0. The van der Waals surface area contributed by atoms with Crippen LogP contribution in [0.1, 0.15) is 26.2 Å². The van der Waals surface area contributed by atoms with Crippen LogP contribution < -0.4 is 0 Å². The van der Waals surface area contributed by atoms with Crippen molar-refractivity contribution in [2.75, 3.05) is 7.11 Å². The Labute approximate surface area is 84.4 Å². The Bertz CT molecular complexity index is 239. The zero-order valence-electron chi connectivity index (χ0n) is 8.66. The summed E-state index contributed by atoms with van der Waals surface area (Å²) in [5.74, 6) is -0.547. The molecule has 0 saturated carbocycles. The lowest BCUT2D eigenvalue weighted by Crippen LogP contribution is -2.08. The molecular formula is C11H16O3. The first-order chi connectivity index (χ1) is 6.70. The van der Waals surface area contributed by atoms with Gasteiger partial charge in [-0.2, -0.15) is 0 Å². The highest BCUT2D eigenvalue weighted by Crippen LogP contribution is 1.98. The molecule has 0 amide bonds. The van der Waals surface area contributed by atoms with E-state index in [0.717, 1.165) is 0 Å². The zero-order valence-corrected chi connectivity index (χ0v) is 8.66. The smallest absolute Gasteiger partial charge is 0.313 e. The number of esters is 1. The summed E-state index contributed by atoms with van der Waals surface area (Å²) < 4.78 is 4.38. The molecule has 0 aromatic carbocycles. The Morgan fingerprint density at radius 3 is 2.57 bits per heavy atom. The molecule has 0 aromatic heterocycles. The summed E-state index contributed by atoms with van der Waals surface area (Å²) in [4.78, 5) is 21.8. The fraction of sp³-hybridized carbons (Fsp3) is 0.455. The first-order valence-corrected chi connectivity index (χ1v) is 4.57. The van der Waals surface area contributed by atoms with Gasteiger partial charge in [-0.05, 0) is 13.3 Å². The highest BCUT2D eigenvalue weighted by Gasteiger charge is 2.07. The van der Waals surface area contributed by atoms with E-state index in [-0.39, 0.29) is 12.2 Å². The highest BCUT2D eigenvalue weighted by molar-refractivity contribution is 5.95. The van der Waals surface area contributed by atoms with E-state index in [1.54, 1.807) is 0 Å². The average molecular weight is 196 g/mol. The third-order valence-corrected chi connectivity index (χ3v) is 1.60. The van der Waals surface area contributed by atoms with Crippen LogP contribution in [0, 0.1) is 0 Å². The van der Waals surface area contributed by atoms with Crippen LogP contribution in [0.5, 0.6) is 0 Å². The average Bonchev–Trinajstić information content (AvgIpc) is 2.17. The van der Waals surface area contributed by atoms with Crippen LogP contribution in [-0.2, 0) is 14.3 Å². The molecule has 0 bridgehead atoms. The van der Waals surface area contributed by atoms with Crippen LogP contribution in [0.25, 0.3) is 0 Å². The molecule has 0 spiro atoms. The Morgan fingerprint density at radius 2 is 2.00 bits per heavy atom. The van der Waals surface area contributed by atoms with E-state index in [4.69, 9.17) is 0 Å². The van der Waals surface area contributed by atoms with E-state index < -0.39 is 5.97 Å². The molecule has 3 heteroatoms. The van der Waals surface area contributed by atoms with Crippen LogP contribution in [0.3, 0.4) is 0 Å². The molecule has 14 heavy (non-hydrogen) atoms. The summed E-state index contributed by atoms with van der Waals surface area (Å²) in [6.07, 6.45) is 8.52. The number of ether oxygens (including phenoxy) is 1. The molecule has 0 rings (SSSR count). The number of ketones is 1. The third kappa shape index (κ3) is 7.28. The first kappa shape index (κ1) is 12.6. The normalized spacial score (nSPS) is 11.0. The van der Waals surface area contributed by atoms with Crippen LogP contribution in [0.4, 0.5) is 0 Å². The van der Waals surface area contributed by atoms with Crippen molar-refractivity contribution in [3.05, 3.63) is 24.3 Å². The van der Waals surface area contributed by atoms with Crippen LogP contribution in [0.2, 0.25) is 0 Å². The molecule has 0 fully saturated rings. The van der Waals surface area contributed by atoms with Gasteiger partial charge in [0.1, 0.15) is 12.2 Å². The standard InChI is InChI=1S/C11H16O3/c1-3-4-5-6-7-8-10(12)9-11(13)14-2/h3-6H,7-9H2,1-2H3/b4-3+,6-5+. The second kappa shape index (κ2) is 8.23. The summed E-state index contributed by atoms with van der Waals surface area (Å²) in [5.41, 5.74) is 0. The van der Waals surface area contributed by atoms with Gasteiger partial charge in [-0.1, -0.05) is 24.3 Å². The van der Waals surface area contributed by atoms with Gasteiger partial charge in [0.05, 0.1) is 7.11 Å². The van der Waals surface area contributed by atoms with Crippen molar-refractivity contribution < 1.29 is 14.3 Å². The quantitative estimate of drug-likeness (QED) is 0.371. The summed E-state index contributed by atoms with van der Waals surface area (Å²) in [7, 11) is 1.28. The van der Waals surface area contributed by atoms with Crippen molar-refractivity contribution in [2.45, 2.75) is 26.2 Å². The van der Waals surface area contributed by atoms with Crippen LogP contribution >= 0.6 is 0 Å². The van der Waals surface area contributed by atoms with E-state index in [1.807, 2.05) is 31.2 Å². The Balaban J connectivity index is 3.59. The van der Waals surface area contributed by atoms with Crippen molar-refractivity contribution in [3.63, 3.8) is 0 Å². The highest BCUT2D eigenvalue weighted by atomic mass is 16.5. The van der Waals surface area contributed by atoms with Gasteiger partial charge in [-0.3, -0.25) is 9.59 Å². The minimum absolute atomic E-state index is 0.0815. The molecule has 3 nitrogen and oxygen atoms in total. The monoisotopic (exact) mass is 196 g/mol. The topological polar surface area (TPSA) is 43.4 Å². The maximum Gasteiger partial charge on any atom is 0.313 e. The Morgan fingerprint density at radius 1 is 1.29 bits per heavy atom. The van der Waals surface area contributed by atoms with Gasteiger partial charge >= 0.3 is 5.97 Å². The van der Waals surface area contributed by atoms with Crippen LogP contribution in [-0.4, -0.2) is 18.9 Å². The first-order valence-electron chi connectivity index (χ1n) is 4.57. The number of hydrogen-bond donors (Lipinski definition) is 0. The molecule has 0 aliphatic heterocycles. The lowest BCUT2D eigenvalue weighted by Gasteiger charge is -1.96. The maximum atomic E-state index is 11.1. The maximum absolute atomic E-state index is 11.1. The Kier molecular flexibility index (Phi) is 7.42. The number of carbonyl (C=O) groups is 2. The molecule has 78 valence electrons. The predicted molar refractivity (Wildman–Crippen MR) is 54.8 cm³/mol. The molecule has 0 saturated heterocycles. The fourth-order valence-corrected chi connectivity index (χ4v) is 0.852. The van der Waals surface area contributed by atoms with Crippen LogP contribution in [0.15, 0.2) is 24.3 Å². The van der Waals surface area contributed by atoms with Gasteiger partial charge in [0, 0.05) is 6.42 Å². The number of rotatable bonds is 6. The van der Waals surface area contributed by atoms with Gasteiger partial charge < -0.3 is 4.74 Å². The summed E-state index contributed by atoms with van der Waals surface area (Å²) in [6, 6.07) is 0. The van der Waals surface area contributed by atoms with Crippen molar-refractivity contribution in [1.29, 1.82) is 0 Å². The number of hydrogen-bond acceptors (Lipinski definition) is 3. The molecule has 0 unspecified atom stereocenters. The van der Waals surface area contributed by atoms with Crippen molar-refractivity contribution in [3.8, 4) is 0 Å². The van der Waals surface area contributed by atoms with Crippen molar-refractivity contribution >= 4 is 11.8 Å². The van der Waals surface area contributed by atoms with Crippen molar-refractivity contribution in [1.82, 2.24) is 0 Å². The SMILES string of the molecule is C/C=C/C=C/CCC(=O)CC(=O)OC. The summed E-state index contributed by atoms with van der Waals surface area (Å²) in [6.45, 7) is 1.92. The fourth-order valence-electron chi connectivity index (χ4n) is 0.852. The molecule has 0 atom stereocenters. The zero-order chi connectivity index (χ0) is 10.8. The molecule has 0 radical (unpaired) electrons. The van der Waals surface area contributed by atoms with E-state index in [9.17, 15) is 9.59 Å². The predicted octanol–water partition coefficient (Wildman–Crippen LogP) is 2.03. The number of Topliss-reactive ketones (excluding diaryl/α,β-unsaturated/α-hetero) is 1. The minimum Gasteiger partial charge on any atom is -0.469 e. The largest absolute Gasteiger partial charge is 0.469 e. The van der Waals surface area contributed by atoms with Gasteiger partial charge in [-0.15, -0.1) is 0 Å². The molecule has 0 heterocycles. The van der Waals surface area contributed by atoms with Gasteiger partial charge in [0.25, 0.3) is 0 Å². The molecule has 0 aliphatic carbocycles. The van der Waals surface area contributed by atoms with E-state index in [1.165, 1.54) is 7.11 Å². The van der Waals surface area contributed by atoms with E-state index in [2.05, 4.69) is 4.74 Å². The second-order valence-corrected chi connectivity index (χ2v) is 2.78. The molecule has 0 N–H and O–H groups in total. The number of allylic oxidation sites excluding steroid dienone is 4. The summed E-state index contributed by atoms with van der Waals surface area (Å²) in [5, 5.41) is 0. The molecule has 0 aromatic rings. The minimum atomic E-state index is -0.465. The third-order valence-electron chi connectivity index (χ3n) is 1.60. The second-order valence-electron chi connectivity index (χ2n) is 2.78. The van der Waals surface area contributed by atoms with Gasteiger partial charge in [-0.25, -0.2) is 0 Å². The molecular weight excluding hydrogens is 180 g/mol. The molecule has 0 aliphatic rings. The lowest BCUT2D eigenvalue weighted by atomic mass is 10.1. The Hall–Kier alpha value is -1.38. The lowest BCUT2D eigenvalue weighted by molar-refractivity contribution is -0.143. The number of carbonyl (C=O) groups excluding carboxylic acids is 2. The number of methoxy groups -OCH3 is 1. The van der Waals surface area contributed by atoms with E-state index >= 15 is 0 Å². The van der Waals surface area contributed by atoms with Crippen molar-refractivity contribution in [2.24, 2.45) is 0 Å². The van der Waals surface area contributed by atoms with Gasteiger partial charge in [0.15, 0.2) is 0 Å². The van der Waals surface area contributed by atoms with Gasteiger partial charge in [0.2, 0.25) is 0 Å². The van der Waals surface area contributed by atoms with E-state index in [0.29, 0.717) is 12.8 Å².